The van der Waals surface area contributed by atoms with E-state index in [1.165, 1.54) is 4.90 Å². The van der Waals surface area contributed by atoms with E-state index < -0.39 is 24.3 Å². The molecular weight excluding hydrogens is 703 g/mol. The van der Waals surface area contributed by atoms with Crippen molar-refractivity contribution in [2.24, 2.45) is 5.92 Å². The number of likely N-dealkylation sites (tertiary alicyclic amines) is 1. The minimum absolute atomic E-state index is 0.0218. The van der Waals surface area contributed by atoms with E-state index in [4.69, 9.17) is 14.2 Å². The molecule has 2 aliphatic heterocycles. The number of aliphatic hydroxyl groups is 1. The number of carbonyl (C=O) groups is 3. The zero-order valence-corrected chi connectivity index (χ0v) is 30.6. The summed E-state index contributed by atoms with van der Waals surface area (Å²) in [7, 11) is 0. The van der Waals surface area contributed by atoms with Crippen LogP contribution in [0, 0.1) is 5.92 Å². The monoisotopic (exact) mass is 743 g/mol. The van der Waals surface area contributed by atoms with Crippen molar-refractivity contribution in [3.63, 3.8) is 0 Å². The van der Waals surface area contributed by atoms with Crippen LogP contribution >= 0.6 is 11.8 Å². The maximum absolute atomic E-state index is 13.2. The summed E-state index contributed by atoms with van der Waals surface area (Å²) in [5, 5.41) is 13.1. The largest absolute Gasteiger partial charge is 0.445 e. The van der Waals surface area contributed by atoms with Gasteiger partial charge in [0.25, 0.3) is 5.91 Å². The molecule has 5 unspecified atom stereocenters. The van der Waals surface area contributed by atoms with Crippen molar-refractivity contribution in [1.82, 2.24) is 15.2 Å². The smallest absolute Gasteiger partial charge is 0.408 e. The second-order valence-electron chi connectivity index (χ2n) is 13.4. The van der Waals surface area contributed by atoms with Crippen molar-refractivity contribution in [2.45, 2.75) is 62.7 Å². The normalized spacial score (nSPS) is 21.2. The number of imide groups is 1. The first kappa shape index (κ1) is 37.0. The molecule has 10 nitrogen and oxygen atoms in total. The number of nitrogens with one attached hydrogen (secondary N) is 1. The first-order valence-electron chi connectivity index (χ1n) is 17.9. The fraction of sp³-hybridized carbons (Fsp3) is 0.256. The lowest BCUT2D eigenvalue weighted by atomic mass is 9.91. The lowest BCUT2D eigenvalue weighted by molar-refractivity contribution is -0.268. The second kappa shape index (κ2) is 17.2. The van der Waals surface area contributed by atoms with Crippen LogP contribution in [0.5, 0.6) is 0 Å². The van der Waals surface area contributed by atoms with E-state index >= 15 is 0 Å². The summed E-state index contributed by atoms with van der Waals surface area (Å²) < 4.78 is 18.5. The first-order chi connectivity index (χ1) is 26.3. The number of aliphatic hydroxyl groups excluding tert-OH is 1. The lowest BCUT2D eigenvalue weighted by Gasteiger charge is -2.41. The Labute approximate surface area is 318 Å². The highest BCUT2D eigenvalue weighted by atomic mass is 32.2. The predicted octanol–water partition coefficient (Wildman–Crippen LogP) is 7.38. The molecule has 0 aliphatic carbocycles. The van der Waals surface area contributed by atoms with Crippen LogP contribution in [0.15, 0.2) is 133 Å². The maximum atomic E-state index is 13.2. The van der Waals surface area contributed by atoms with Gasteiger partial charge < -0.3 is 24.6 Å². The summed E-state index contributed by atoms with van der Waals surface area (Å²) in [5.41, 5.74) is 6.20. The predicted molar refractivity (Wildman–Crippen MR) is 204 cm³/mol. The molecule has 0 spiro atoms. The van der Waals surface area contributed by atoms with Crippen molar-refractivity contribution in [3.05, 3.63) is 155 Å². The molecule has 0 bridgehead atoms. The number of nitrogens with zero attached hydrogens (tertiary/aromatic N) is 2. The summed E-state index contributed by atoms with van der Waals surface area (Å²) in [5.74, 6) is -0.0732. The van der Waals surface area contributed by atoms with Crippen LogP contribution in [0.25, 0.3) is 11.1 Å². The van der Waals surface area contributed by atoms with Crippen molar-refractivity contribution in [2.75, 3.05) is 5.75 Å². The number of aromatic nitrogens is 1. The number of amides is 3. The molecule has 4 aromatic carbocycles. The minimum atomic E-state index is -0.976. The van der Waals surface area contributed by atoms with Crippen LogP contribution in [-0.4, -0.2) is 50.8 Å². The fourth-order valence-electron chi connectivity index (χ4n) is 6.64. The van der Waals surface area contributed by atoms with Crippen molar-refractivity contribution in [3.8, 4) is 11.1 Å². The summed E-state index contributed by atoms with van der Waals surface area (Å²) in [6.07, 6.45) is -0.0458. The van der Waals surface area contributed by atoms with Crippen LogP contribution in [0.3, 0.4) is 0 Å². The van der Waals surface area contributed by atoms with E-state index in [0.29, 0.717) is 5.75 Å². The zero-order valence-electron chi connectivity index (χ0n) is 29.7. The molecule has 5 aromatic rings. The second-order valence-corrected chi connectivity index (χ2v) is 14.4. The Morgan fingerprint density at radius 2 is 1.59 bits per heavy atom. The Morgan fingerprint density at radius 1 is 0.852 bits per heavy atom. The van der Waals surface area contributed by atoms with Crippen LogP contribution in [0.2, 0.25) is 0 Å². The Kier molecular flexibility index (Phi) is 11.8. The summed E-state index contributed by atoms with van der Waals surface area (Å²) in [6, 6.07) is 37.7. The SMILES string of the molecule is CC1C(CSc2ccccn2)OC(c2ccc(-c3cccc(CN4C(=O)CC(NC(=O)OCc5ccccc5)C4=O)c3)cc2)OC1c1ccc(CO)cc1. The molecule has 2 N–H and O–H groups in total. The minimum Gasteiger partial charge on any atom is -0.445 e. The fourth-order valence-corrected chi connectivity index (χ4v) is 7.67. The number of thioether (sulfide) groups is 1. The van der Waals surface area contributed by atoms with Crippen molar-refractivity contribution < 1.29 is 33.7 Å². The first-order valence-corrected chi connectivity index (χ1v) is 18.9. The highest BCUT2D eigenvalue weighted by Crippen LogP contribution is 2.43. The Morgan fingerprint density at radius 3 is 2.33 bits per heavy atom. The van der Waals surface area contributed by atoms with E-state index in [9.17, 15) is 19.5 Å². The summed E-state index contributed by atoms with van der Waals surface area (Å²) in [6.45, 7) is 2.27. The van der Waals surface area contributed by atoms with Gasteiger partial charge in [-0.3, -0.25) is 14.5 Å². The third kappa shape index (κ3) is 8.88. The van der Waals surface area contributed by atoms with Gasteiger partial charge in [0.2, 0.25) is 5.91 Å². The summed E-state index contributed by atoms with van der Waals surface area (Å²) >= 11 is 1.65. The number of carbonyl (C=O) groups excluding carboxylic acids is 3. The number of hydrogen-bond acceptors (Lipinski definition) is 9. The van der Waals surface area contributed by atoms with E-state index in [1.807, 2.05) is 121 Å². The van der Waals surface area contributed by atoms with Crippen LogP contribution in [0.1, 0.15) is 53.6 Å². The van der Waals surface area contributed by atoms with Crippen molar-refractivity contribution >= 4 is 29.7 Å². The molecule has 11 heteroatoms. The van der Waals surface area contributed by atoms with Gasteiger partial charge >= 0.3 is 6.09 Å². The number of alkyl carbamates (subject to hydrolysis) is 1. The van der Waals surface area contributed by atoms with Gasteiger partial charge in [0.15, 0.2) is 6.29 Å². The molecule has 276 valence electrons. The molecule has 2 fully saturated rings. The van der Waals surface area contributed by atoms with Gasteiger partial charge in [0.05, 0.1) is 36.8 Å². The van der Waals surface area contributed by atoms with Crippen LogP contribution in [0.4, 0.5) is 4.79 Å². The number of benzene rings is 4. The number of ether oxygens (including phenoxy) is 3. The van der Waals surface area contributed by atoms with Gasteiger partial charge in [-0.25, -0.2) is 9.78 Å². The molecule has 3 amide bonds. The quantitative estimate of drug-likeness (QED) is 0.0995. The van der Waals surface area contributed by atoms with Crippen LogP contribution < -0.4 is 5.32 Å². The van der Waals surface area contributed by atoms with Gasteiger partial charge in [-0.1, -0.05) is 110 Å². The van der Waals surface area contributed by atoms with Crippen molar-refractivity contribution in [1.29, 1.82) is 0 Å². The van der Waals surface area contributed by atoms with E-state index in [1.54, 1.807) is 18.0 Å². The molecule has 0 radical (unpaired) electrons. The zero-order chi connectivity index (χ0) is 37.4. The highest BCUT2D eigenvalue weighted by Gasteiger charge is 2.40. The molecule has 54 heavy (non-hydrogen) atoms. The summed E-state index contributed by atoms with van der Waals surface area (Å²) in [4.78, 5) is 44.1. The number of hydrogen-bond donors (Lipinski definition) is 2. The molecule has 2 aliphatic rings. The number of rotatable bonds is 12. The Hall–Kier alpha value is -5.33. The number of pyridine rings is 1. The lowest BCUT2D eigenvalue weighted by Crippen LogP contribution is -2.41. The molecular formula is C43H41N3O7S. The van der Waals surface area contributed by atoms with Gasteiger partial charge in [-0.2, -0.15) is 0 Å². The van der Waals surface area contributed by atoms with Gasteiger partial charge in [-0.05, 0) is 51.6 Å². The molecule has 7 rings (SSSR count). The third-order valence-corrected chi connectivity index (χ3v) is 10.7. The molecule has 0 saturated carbocycles. The van der Waals surface area contributed by atoms with Gasteiger partial charge in [-0.15, -0.1) is 11.8 Å². The average Bonchev–Trinajstić information content (AvgIpc) is 3.47. The molecule has 5 atom stereocenters. The third-order valence-electron chi connectivity index (χ3n) is 9.69. The Bertz CT molecular complexity index is 2050. The maximum Gasteiger partial charge on any atom is 0.408 e. The topological polar surface area (TPSA) is 127 Å². The van der Waals surface area contributed by atoms with E-state index in [0.717, 1.165) is 44.0 Å². The average molecular weight is 744 g/mol. The van der Waals surface area contributed by atoms with Gasteiger partial charge in [0, 0.05) is 23.4 Å². The molecule has 3 heterocycles. The molecule has 1 aromatic heterocycles. The van der Waals surface area contributed by atoms with Gasteiger partial charge in [0.1, 0.15) is 12.6 Å². The van der Waals surface area contributed by atoms with E-state index in [-0.39, 0.29) is 50.2 Å². The Balaban J connectivity index is 1.01. The highest BCUT2D eigenvalue weighted by molar-refractivity contribution is 7.99. The standard InChI is InChI=1S/C43H41N3O7S/c1-28-37(27-54-38-12-5-6-21-44-38)52-42(53-40(28)33-15-13-29(25-47)14-16-33)34-19-17-32(18-20-34)35-11-7-10-31(22-35)24-46-39(48)23-36(41(46)49)45-43(50)51-26-30-8-3-2-4-9-30/h2-22,28,36-37,40,42,47H,23-27H2,1H3,(H,45,50). The van der Waals surface area contributed by atoms with Crippen LogP contribution in [-0.2, 0) is 43.6 Å². The van der Waals surface area contributed by atoms with E-state index in [2.05, 4.69) is 17.2 Å². The molecule has 2 saturated heterocycles.